The molecule has 0 bridgehead atoms. The van der Waals surface area contributed by atoms with E-state index in [0.717, 1.165) is 16.7 Å². The topological polar surface area (TPSA) is 60.7 Å². The lowest BCUT2D eigenvalue weighted by Crippen LogP contribution is -2.03. The highest BCUT2D eigenvalue weighted by atomic mass is 16.3. The second-order valence-corrected chi connectivity index (χ2v) is 7.37. The van der Waals surface area contributed by atoms with Gasteiger partial charge in [0.05, 0.1) is 0 Å². The Kier molecular flexibility index (Phi) is 5.12. The Labute approximate surface area is 144 Å². The number of phenols is 3. The van der Waals surface area contributed by atoms with E-state index in [1.54, 1.807) is 6.07 Å². The lowest BCUT2D eigenvalue weighted by atomic mass is 9.81. The molecule has 0 aliphatic heterocycles. The molecule has 24 heavy (non-hydrogen) atoms. The SMILES string of the molecule is CC(C)c1cc(C(C)C)c(-c2ccc(O)c(O)c2O)c(C(C)C)c1. The van der Waals surface area contributed by atoms with Gasteiger partial charge < -0.3 is 15.3 Å². The van der Waals surface area contributed by atoms with Gasteiger partial charge in [-0.1, -0.05) is 53.7 Å². The molecule has 0 unspecified atom stereocenters. The minimum atomic E-state index is -0.468. The summed E-state index contributed by atoms with van der Waals surface area (Å²) >= 11 is 0. The third-order valence-electron chi connectivity index (χ3n) is 4.53. The lowest BCUT2D eigenvalue weighted by molar-refractivity contribution is 0.369. The molecular formula is C21H28O3. The molecule has 0 fully saturated rings. The minimum absolute atomic E-state index is 0.268. The van der Waals surface area contributed by atoms with Crippen LogP contribution in [0.25, 0.3) is 11.1 Å². The molecule has 3 N–H and O–H groups in total. The van der Waals surface area contributed by atoms with Crippen molar-refractivity contribution in [2.75, 3.05) is 0 Å². The fourth-order valence-corrected chi connectivity index (χ4v) is 3.04. The molecule has 130 valence electrons. The van der Waals surface area contributed by atoms with Crippen molar-refractivity contribution in [2.45, 2.75) is 59.3 Å². The zero-order chi connectivity index (χ0) is 18.2. The van der Waals surface area contributed by atoms with Gasteiger partial charge >= 0.3 is 0 Å². The summed E-state index contributed by atoms with van der Waals surface area (Å²) in [6.45, 7) is 12.9. The van der Waals surface area contributed by atoms with Gasteiger partial charge in [-0.05, 0) is 52.1 Å². The minimum Gasteiger partial charge on any atom is -0.504 e. The molecule has 2 aromatic carbocycles. The molecule has 0 atom stereocenters. The molecule has 3 nitrogen and oxygen atoms in total. The van der Waals surface area contributed by atoms with Gasteiger partial charge in [0, 0.05) is 5.56 Å². The third kappa shape index (κ3) is 3.21. The summed E-state index contributed by atoms with van der Waals surface area (Å²) in [5, 5.41) is 30.0. The average molecular weight is 328 g/mol. The van der Waals surface area contributed by atoms with E-state index >= 15 is 0 Å². The van der Waals surface area contributed by atoms with Crippen LogP contribution in [0.3, 0.4) is 0 Å². The highest BCUT2D eigenvalue weighted by molar-refractivity contribution is 5.81. The smallest absolute Gasteiger partial charge is 0.200 e. The van der Waals surface area contributed by atoms with Crippen LogP contribution in [0, 0.1) is 0 Å². The number of hydrogen-bond donors (Lipinski definition) is 3. The van der Waals surface area contributed by atoms with Crippen LogP contribution in [-0.2, 0) is 0 Å². The van der Waals surface area contributed by atoms with Gasteiger partial charge in [-0.2, -0.15) is 0 Å². The van der Waals surface area contributed by atoms with Crippen LogP contribution in [-0.4, -0.2) is 15.3 Å². The van der Waals surface area contributed by atoms with Gasteiger partial charge in [-0.15, -0.1) is 0 Å². The Balaban J connectivity index is 2.88. The average Bonchev–Trinajstić information content (AvgIpc) is 2.51. The molecule has 0 spiro atoms. The van der Waals surface area contributed by atoms with Crippen LogP contribution in [0.1, 0.15) is 76.0 Å². The van der Waals surface area contributed by atoms with Crippen molar-refractivity contribution in [3.8, 4) is 28.4 Å². The van der Waals surface area contributed by atoms with Crippen molar-refractivity contribution >= 4 is 0 Å². The monoisotopic (exact) mass is 328 g/mol. The Morgan fingerprint density at radius 3 is 1.58 bits per heavy atom. The van der Waals surface area contributed by atoms with Gasteiger partial charge in [0.2, 0.25) is 5.75 Å². The molecule has 0 radical (unpaired) electrons. The summed E-state index contributed by atoms with van der Waals surface area (Å²) < 4.78 is 0. The lowest BCUT2D eigenvalue weighted by Gasteiger charge is -2.24. The van der Waals surface area contributed by atoms with E-state index in [1.165, 1.54) is 11.6 Å². The fraction of sp³-hybridized carbons (Fsp3) is 0.429. The van der Waals surface area contributed by atoms with Gasteiger partial charge in [-0.3, -0.25) is 0 Å². The van der Waals surface area contributed by atoms with E-state index in [1.807, 2.05) is 0 Å². The summed E-state index contributed by atoms with van der Waals surface area (Å²) in [5.74, 6) is -0.0952. The summed E-state index contributed by atoms with van der Waals surface area (Å²) in [5.41, 5.74) is 5.08. The second-order valence-electron chi connectivity index (χ2n) is 7.37. The highest BCUT2D eigenvalue weighted by Crippen LogP contribution is 2.47. The van der Waals surface area contributed by atoms with Crippen molar-refractivity contribution in [2.24, 2.45) is 0 Å². The Morgan fingerprint density at radius 2 is 1.17 bits per heavy atom. The van der Waals surface area contributed by atoms with Crippen molar-refractivity contribution < 1.29 is 15.3 Å². The predicted octanol–water partition coefficient (Wildman–Crippen LogP) is 5.84. The molecule has 0 aromatic heterocycles. The maximum Gasteiger partial charge on any atom is 0.200 e. The molecular weight excluding hydrogens is 300 g/mol. The van der Waals surface area contributed by atoms with Gasteiger partial charge in [0.15, 0.2) is 11.5 Å². The van der Waals surface area contributed by atoms with Crippen LogP contribution in [0.2, 0.25) is 0 Å². The predicted molar refractivity (Wildman–Crippen MR) is 99.1 cm³/mol. The fourth-order valence-electron chi connectivity index (χ4n) is 3.04. The maximum atomic E-state index is 10.4. The molecule has 2 rings (SSSR count). The third-order valence-corrected chi connectivity index (χ3v) is 4.53. The molecule has 0 aliphatic carbocycles. The van der Waals surface area contributed by atoms with Gasteiger partial charge in [0.1, 0.15) is 0 Å². The molecule has 3 heteroatoms. The van der Waals surface area contributed by atoms with E-state index < -0.39 is 5.75 Å². The molecule has 0 amide bonds. The first kappa shape index (κ1) is 18.2. The number of rotatable bonds is 4. The van der Waals surface area contributed by atoms with E-state index in [0.29, 0.717) is 11.5 Å². The number of benzene rings is 2. The summed E-state index contributed by atoms with van der Waals surface area (Å²) in [6, 6.07) is 7.49. The van der Waals surface area contributed by atoms with Crippen molar-refractivity contribution in [3.05, 3.63) is 41.0 Å². The maximum absolute atomic E-state index is 10.4. The molecule has 2 aromatic rings. The number of hydrogen-bond acceptors (Lipinski definition) is 3. The van der Waals surface area contributed by atoms with Gasteiger partial charge in [0.25, 0.3) is 0 Å². The summed E-state index contributed by atoms with van der Waals surface area (Å²) in [4.78, 5) is 0. The molecule has 0 saturated heterocycles. The standard InChI is InChI=1S/C21H28O3/c1-11(2)14-9-16(12(3)4)19(17(10-14)13(5)6)15-7-8-18(22)21(24)20(15)23/h7-13,22-24H,1-6H3. The Bertz CT molecular complexity index is 714. The molecule has 0 saturated carbocycles. The first-order valence-electron chi connectivity index (χ1n) is 8.57. The van der Waals surface area contributed by atoms with Crippen LogP contribution in [0.5, 0.6) is 17.2 Å². The van der Waals surface area contributed by atoms with E-state index in [9.17, 15) is 15.3 Å². The number of aromatic hydroxyl groups is 3. The van der Waals surface area contributed by atoms with Crippen LogP contribution >= 0.6 is 0 Å². The van der Waals surface area contributed by atoms with Crippen molar-refractivity contribution in [3.63, 3.8) is 0 Å². The summed E-state index contributed by atoms with van der Waals surface area (Å²) in [7, 11) is 0. The van der Waals surface area contributed by atoms with Gasteiger partial charge in [-0.25, -0.2) is 0 Å². The van der Waals surface area contributed by atoms with E-state index in [2.05, 4.69) is 53.7 Å². The van der Waals surface area contributed by atoms with Crippen LogP contribution in [0.4, 0.5) is 0 Å². The quantitative estimate of drug-likeness (QED) is 0.618. The van der Waals surface area contributed by atoms with Crippen molar-refractivity contribution in [1.82, 2.24) is 0 Å². The van der Waals surface area contributed by atoms with Crippen LogP contribution < -0.4 is 0 Å². The Hall–Kier alpha value is -2.16. The number of phenolic OH excluding ortho intramolecular Hbond substituents is 3. The zero-order valence-electron chi connectivity index (χ0n) is 15.4. The van der Waals surface area contributed by atoms with Crippen LogP contribution in [0.15, 0.2) is 24.3 Å². The highest BCUT2D eigenvalue weighted by Gasteiger charge is 2.22. The Morgan fingerprint density at radius 1 is 0.667 bits per heavy atom. The largest absolute Gasteiger partial charge is 0.504 e. The second kappa shape index (κ2) is 6.76. The first-order valence-corrected chi connectivity index (χ1v) is 8.57. The van der Waals surface area contributed by atoms with E-state index in [-0.39, 0.29) is 23.3 Å². The molecule has 0 heterocycles. The zero-order valence-corrected chi connectivity index (χ0v) is 15.4. The summed E-state index contributed by atoms with van der Waals surface area (Å²) in [6.07, 6.45) is 0. The van der Waals surface area contributed by atoms with Crippen molar-refractivity contribution in [1.29, 1.82) is 0 Å². The van der Waals surface area contributed by atoms with E-state index in [4.69, 9.17) is 0 Å². The normalized spacial score (nSPS) is 11.7. The molecule has 0 aliphatic rings. The first-order chi connectivity index (χ1) is 11.1.